The van der Waals surface area contributed by atoms with Gasteiger partial charge in [0, 0.05) is 19.5 Å². The molecule has 3 atom stereocenters. The molecule has 3 aliphatic rings. The minimum atomic E-state index is -3.73. The summed E-state index contributed by atoms with van der Waals surface area (Å²) in [5.41, 5.74) is 0.205. The number of fused-ring (bicyclic) bond motifs is 2. The number of carbonyl (C=O) groups excluding carboxylic acids is 2. The Balaban J connectivity index is 1.35. The Morgan fingerprint density at radius 3 is 2.62 bits per heavy atom. The fourth-order valence-corrected chi connectivity index (χ4v) is 6.55. The maximum atomic E-state index is 12.9. The van der Waals surface area contributed by atoms with Crippen molar-refractivity contribution in [3.8, 4) is 5.75 Å². The van der Waals surface area contributed by atoms with Crippen molar-refractivity contribution < 1.29 is 32.2 Å². The molecule has 0 radical (unpaired) electrons. The molecule has 32 heavy (non-hydrogen) atoms. The number of anilines is 1. The molecule has 1 aliphatic heterocycles. The molecule has 0 spiro atoms. The van der Waals surface area contributed by atoms with E-state index in [0.717, 1.165) is 12.3 Å². The standard InChI is InChI=1S/C22H30N2O7S/c1-29-20-5-4-18(32(27,28)24-6-8-30-9-7-24)13-19(20)23-21(25)14-31-22(26)12-17-11-15-2-3-16(17)10-15/h4-5,13,15-17H,2-3,6-12,14H2,1H3,(H,23,25)/t15-,16-,17-/m0/s1. The highest BCUT2D eigenvalue weighted by molar-refractivity contribution is 7.89. The maximum Gasteiger partial charge on any atom is 0.306 e. The fourth-order valence-electron chi connectivity index (χ4n) is 5.11. The molecule has 1 amide bonds. The SMILES string of the molecule is COc1ccc(S(=O)(=O)N2CCOCC2)cc1NC(=O)COC(=O)C[C@@H]1C[C@H]2CC[C@H]1C2. The van der Waals surface area contributed by atoms with E-state index in [-0.39, 0.29) is 29.6 Å². The maximum absolute atomic E-state index is 12.9. The lowest BCUT2D eigenvalue weighted by molar-refractivity contribution is -0.148. The second kappa shape index (κ2) is 9.76. The van der Waals surface area contributed by atoms with Gasteiger partial charge in [-0.2, -0.15) is 4.31 Å². The number of nitrogens with one attached hydrogen (secondary N) is 1. The van der Waals surface area contributed by atoms with Crippen molar-refractivity contribution in [2.24, 2.45) is 17.8 Å². The molecule has 1 heterocycles. The van der Waals surface area contributed by atoms with Gasteiger partial charge in [-0.1, -0.05) is 6.42 Å². The minimum absolute atomic E-state index is 0.0452. The van der Waals surface area contributed by atoms with Gasteiger partial charge in [0.25, 0.3) is 5.91 Å². The molecule has 4 rings (SSSR count). The van der Waals surface area contributed by atoms with E-state index < -0.39 is 22.5 Å². The Labute approximate surface area is 188 Å². The van der Waals surface area contributed by atoms with Gasteiger partial charge in [0.2, 0.25) is 10.0 Å². The predicted octanol–water partition coefficient (Wildman–Crippen LogP) is 2.02. The molecule has 10 heteroatoms. The summed E-state index contributed by atoms with van der Waals surface area (Å²) in [6, 6.07) is 4.29. The summed E-state index contributed by atoms with van der Waals surface area (Å²) in [5, 5.41) is 2.60. The smallest absolute Gasteiger partial charge is 0.306 e. The van der Waals surface area contributed by atoms with Crippen molar-refractivity contribution in [2.75, 3.05) is 45.3 Å². The van der Waals surface area contributed by atoms with E-state index in [1.165, 1.54) is 48.9 Å². The van der Waals surface area contributed by atoms with Crippen LogP contribution < -0.4 is 10.1 Å². The number of carbonyl (C=O) groups is 2. The van der Waals surface area contributed by atoms with Gasteiger partial charge in [-0.3, -0.25) is 9.59 Å². The zero-order valence-electron chi connectivity index (χ0n) is 18.2. The monoisotopic (exact) mass is 466 g/mol. The first-order chi connectivity index (χ1) is 15.4. The molecule has 1 aromatic rings. The van der Waals surface area contributed by atoms with Crippen molar-refractivity contribution in [3.05, 3.63) is 18.2 Å². The van der Waals surface area contributed by atoms with Crippen molar-refractivity contribution in [2.45, 2.75) is 37.0 Å². The van der Waals surface area contributed by atoms with Gasteiger partial charge in [-0.15, -0.1) is 0 Å². The van der Waals surface area contributed by atoms with E-state index in [1.807, 2.05) is 0 Å². The van der Waals surface area contributed by atoms with Crippen LogP contribution in [0.3, 0.4) is 0 Å². The summed E-state index contributed by atoms with van der Waals surface area (Å²) in [6.07, 6.45) is 5.09. The van der Waals surface area contributed by atoms with Crippen LogP contribution in [0.5, 0.6) is 5.75 Å². The molecule has 176 valence electrons. The number of hydrogen-bond acceptors (Lipinski definition) is 7. The molecule has 1 aromatic carbocycles. The lowest BCUT2D eigenvalue weighted by atomic mass is 9.86. The highest BCUT2D eigenvalue weighted by Gasteiger charge is 2.40. The number of hydrogen-bond donors (Lipinski definition) is 1. The summed E-state index contributed by atoms with van der Waals surface area (Å²) in [6.45, 7) is 0.797. The lowest BCUT2D eigenvalue weighted by Gasteiger charge is -2.26. The number of rotatable bonds is 8. The molecule has 2 saturated carbocycles. The topological polar surface area (TPSA) is 111 Å². The zero-order chi connectivity index (χ0) is 22.7. The second-order valence-corrected chi connectivity index (χ2v) is 10.7. The quantitative estimate of drug-likeness (QED) is 0.584. The molecular formula is C22H30N2O7S. The second-order valence-electron chi connectivity index (χ2n) is 8.73. The molecule has 1 N–H and O–H groups in total. The van der Waals surface area contributed by atoms with Crippen molar-refractivity contribution in [1.82, 2.24) is 4.31 Å². The summed E-state index contributed by atoms with van der Waals surface area (Å²) in [4.78, 5) is 24.6. The molecule has 9 nitrogen and oxygen atoms in total. The van der Waals surface area contributed by atoms with Gasteiger partial charge in [0.1, 0.15) is 5.75 Å². The van der Waals surface area contributed by atoms with E-state index in [2.05, 4.69) is 5.32 Å². The van der Waals surface area contributed by atoms with Crippen LogP contribution in [0.1, 0.15) is 32.1 Å². The summed E-state index contributed by atoms with van der Waals surface area (Å²) < 4.78 is 42.8. The van der Waals surface area contributed by atoms with Crippen molar-refractivity contribution in [1.29, 1.82) is 0 Å². The lowest BCUT2D eigenvalue weighted by Crippen LogP contribution is -2.40. The number of morpholine rings is 1. The van der Waals surface area contributed by atoms with Crippen LogP contribution in [-0.4, -0.2) is 64.6 Å². The van der Waals surface area contributed by atoms with Crippen LogP contribution in [0, 0.1) is 17.8 Å². The van der Waals surface area contributed by atoms with Crippen LogP contribution >= 0.6 is 0 Å². The summed E-state index contributed by atoms with van der Waals surface area (Å²) >= 11 is 0. The number of nitrogens with zero attached hydrogens (tertiary/aromatic N) is 1. The molecular weight excluding hydrogens is 436 g/mol. The predicted molar refractivity (Wildman–Crippen MR) is 116 cm³/mol. The molecule has 1 saturated heterocycles. The first-order valence-corrected chi connectivity index (χ1v) is 12.5. The minimum Gasteiger partial charge on any atom is -0.495 e. The number of amides is 1. The number of ether oxygens (including phenoxy) is 3. The summed E-state index contributed by atoms with van der Waals surface area (Å²) in [7, 11) is -2.30. The van der Waals surface area contributed by atoms with Crippen LogP contribution in [0.4, 0.5) is 5.69 Å². The van der Waals surface area contributed by atoms with Crippen LogP contribution in [0.2, 0.25) is 0 Å². The molecule has 0 unspecified atom stereocenters. The highest BCUT2D eigenvalue weighted by Crippen LogP contribution is 2.49. The third-order valence-corrected chi connectivity index (χ3v) is 8.63. The number of methoxy groups -OCH3 is 1. The van der Waals surface area contributed by atoms with Crippen LogP contribution in [0.15, 0.2) is 23.1 Å². The summed E-state index contributed by atoms with van der Waals surface area (Å²) in [5.74, 6) is 1.12. The van der Waals surface area contributed by atoms with Gasteiger partial charge in [-0.25, -0.2) is 8.42 Å². The largest absolute Gasteiger partial charge is 0.495 e. The fraction of sp³-hybridized carbons (Fsp3) is 0.636. The Morgan fingerprint density at radius 2 is 1.97 bits per heavy atom. The third kappa shape index (κ3) is 5.07. The van der Waals surface area contributed by atoms with Gasteiger partial charge in [0.05, 0.1) is 30.9 Å². The first kappa shape index (κ1) is 23.0. The average Bonchev–Trinajstić information content (AvgIpc) is 3.41. The van der Waals surface area contributed by atoms with Gasteiger partial charge in [0.15, 0.2) is 6.61 Å². The molecule has 2 bridgehead atoms. The van der Waals surface area contributed by atoms with E-state index in [0.29, 0.717) is 37.2 Å². The number of esters is 1. The van der Waals surface area contributed by atoms with E-state index in [1.54, 1.807) is 0 Å². The van der Waals surface area contributed by atoms with Gasteiger partial charge >= 0.3 is 5.97 Å². The van der Waals surface area contributed by atoms with Crippen molar-refractivity contribution >= 4 is 27.6 Å². The normalized spacial score (nSPS) is 25.5. The molecule has 0 aromatic heterocycles. The Bertz CT molecular complexity index is 959. The Kier molecular flexibility index (Phi) is 7.02. The Hall–Kier alpha value is -2.17. The first-order valence-electron chi connectivity index (χ1n) is 11.1. The van der Waals surface area contributed by atoms with Gasteiger partial charge < -0.3 is 19.5 Å². The Morgan fingerprint density at radius 1 is 1.19 bits per heavy atom. The number of sulfonamides is 1. The van der Waals surface area contributed by atoms with E-state index in [9.17, 15) is 18.0 Å². The molecule has 3 fully saturated rings. The van der Waals surface area contributed by atoms with E-state index in [4.69, 9.17) is 14.2 Å². The average molecular weight is 467 g/mol. The third-order valence-electron chi connectivity index (χ3n) is 6.73. The van der Waals surface area contributed by atoms with Crippen LogP contribution in [0.25, 0.3) is 0 Å². The van der Waals surface area contributed by atoms with Crippen LogP contribution in [-0.2, 0) is 29.1 Å². The molecule has 2 aliphatic carbocycles. The van der Waals surface area contributed by atoms with Crippen molar-refractivity contribution in [3.63, 3.8) is 0 Å². The number of benzene rings is 1. The van der Waals surface area contributed by atoms with Gasteiger partial charge in [-0.05, 0) is 55.2 Å². The highest BCUT2D eigenvalue weighted by atomic mass is 32.2. The zero-order valence-corrected chi connectivity index (χ0v) is 19.1. The van der Waals surface area contributed by atoms with E-state index >= 15 is 0 Å².